The lowest BCUT2D eigenvalue weighted by atomic mass is 10.1. The summed E-state index contributed by atoms with van der Waals surface area (Å²) >= 11 is 0. The van der Waals surface area contributed by atoms with Gasteiger partial charge in [0.2, 0.25) is 0 Å². The van der Waals surface area contributed by atoms with E-state index in [9.17, 15) is 5.11 Å². The monoisotopic (exact) mass is 242 g/mol. The van der Waals surface area contributed by atoms with Crippen molar-refractivity contribution in [2.45, 2.75) is 26.4 Å². The Morgan fingerprint density at radius 3 is 2.18 bits per heavy atom. The third kappa shape index (κ3) is 5.48. The van der Waals surface area contributed by atoms with E-state index in [0.29, 0.717) is 0 Å². The number of nitrogens with two attached hydrogens (primary N) is 1. The summed E-state index contributed by atoms with van der Waals surface area (Å²) in [5.41, 5.74) is 4.86. The zero-order chi connectivity index (χ0) is 13.1. The van der Waals surface area contributed by atoms with Crippen LogP contribution >= 0.6 is 0 Å². The number of nitrogens with zero attached hydrogens (tertiary/aromatic N) is 2. The van der Waals surface area contributed by atoms with Crippen LogP contribution in [0.1, 0.15) is 20.8 Å². The fraction of sp³-hybridized carbons (Fsp3) is 0.917. The van der Waals surface area contributed by atoms with E-state index in [1.165, 1.54) is 0 Å². The summed E-state index contributed by atoms with van der Waals surface area (Å²) in [6, 6.07) is 0. The number of rotatable bonds is 5. The molecule has 1 fully saturated rings. The standard InChI is InChI=1S/C12H26N4O/c1-10(11(13)14)8-15-4-6-16(7-5-15)9-12(2,3)17/h10,17H,4-9H2,1-3H3,(H3,13,14). The molecule has 0 bridgehead atoms. The van der Waals surface area contributed by atoms with Gasteiger partial charge in [0.15, 0.2) is 0 Å². The zero-order valence-corrected chi connectivity index (χ0v) is 11.2. The van der Waals surface area contributed by atoms with Gasteiger partial charge in [0.05, 0.1) is 11.4 Å². The van der Waals surface area contributed by atoms with Crippen LogP contribution < -0.4 is 5.73 Å². The van der Waals surface area contributed by atoms with Gasteiger partial charge in [0, 0.05) is 45.2 Å². The van der Waals surface area contributed by atoms with E-state index in [-0.39, 0.29) is 11.8 Å². The lowest BCUT2D eigenvalue weighted by Gasteiger charge is -2.38. The predicted molar refractivity (Wildman–Crippen MR) is 70.3 cm³/mol. The first-order valence-electron chi connectivity index (χ1n) is 6.29. The maximum absolute atomic E-state index is 9.75. The summed E-state index contributed by atoms with van der Waals surface area (Å²) in [5.74, 6) is 0.403. The number of β-amino-alcohol motifs (C(OH)–C–C–N with tert-alkyl or cyclic N) is 1. The highest BCUT2D eigenvalue weighted by Gasteiger charge is 2.23. The van der Waals surface area contributed by atoms with E-state index >= 15 is 0 Å². The first-order valence-corrected chi connectivity index (χ1v) is 6.29. The van der Waals surface area contributed by atoms with E-state index in [1.807, 2.05) is 20.8 Å². The van der Waals surface area contributed by atoms with Crippen LogP contribution in [0.15, 0.2) is 0 Å². The maximum Gasteiger partial charge on any atom is 0.0947 e. The molecule has 17 heavy (non-hydrogen) atoms. The Morgan fingerprint density at radius 1 is 1.29 bits per heavy atom. The lowest BCUT2D eigenvalue weighted by molar-refractivity contribution is 0.0170. The Hall–Kier alpha value is -0.650. The van der Waals surface area contributed by atoms with Crippen molar-refractivity contribution >= 4 is 5.84 Å². The molecule has 100 valence electrons. The minimum atomic E-state index is -0.616. The molecule has 0 aromatic heterocycles. The van der Waals surface area contributed by atoms with Crippen LogP contribution in [-0.4, -0.2) is 65.6 Å². The van der Waals surface area contributed by atoms with E-state index in [2.05, 4.69) is 9.80 Å². The molecule has 0 saturated carbocycles. The van der Waals surface area contributed by atoms with Gasteiger partial charge >= 0.3 is 0 Å². The molecule has 0 aromatic carbocycles. The van der Waals surface area contributed by atoms with Gasteiger partial charge in [-0.25, -0.2) is 0 Å². The summed E-state index contributed by atoms with van der Waals surface area (Å²) in [6.07, 6.45) is 0. The van der Waals surface area contributed by atoms with Gasteiger partial charge in [0.1, 0.15) is 0 Å². The van der Waals surface area contributed by atoms with Crippen molar-refractivity contribution in [3.05, 3.63) is 0 Å². The molecular formula is C12H26N4O. The van der Waals surface area contributed by atoms with Crippen LogP contribution in [0, 0.1) is 11.3 Å². The second kappa shape index (κ2) is 5.80. The first-order chi connectivity index (χ1) is 7.78. The zero-order valence-electron chi connectivity index (χ0n) is 11.2. The summed E-state index contributed by atoms with van der Waals surface area (Å²) < 4.78 is 0. The summed E-state index contributed by atoms with van der Waals surface area (Å²) in [7, 11) is 0. The van der Waals surface area contributed by atoms with Crippen LogP contribution in [0.4, 0.5) is 0 Å². The molecule has 0 aromatic rings. The number of hydrogen-bond donors (Lipinski definition) is 3. The third-order valence-corrected chi connectivity index (χ3v) is 3.14. The average Bonchev–Trinajstić information content (AvgIpc) is 2.18. The quantitative estimate of drug-likeness (QED) is 0.466. The van der Waals surface area contributed by atoms with Gasteiger partial charge in [-0.15, -0.1) is 0 Å². The minimum absolute atomic E-state index is 0.135. The smallest absolute Gasteiger partial charge is 0.0947 e. The van der Waals surface area contributed by atoms with E-state index in [0.717, 1.165) is 39.3 Å². The third-order valence-electron chi connectivity index (χ3n) is 3.14. The van der Waals surface area contributed by atoms with Gasteiger partial charge in [-0.3, -0.25) is 10.3 Å². The van der Waals surface area contributed by atoms with E-state index < -0.39 is 5.60 Å². The van der Waals surface area contributed by atoms with Crippen molar-refractivity contribution < 1.29 is 5.11 Å². The molecule has 0 amide bonds. The van der Waals surface area contributed by atoms with Crippen LogP contribution in [0.25, 0.3) is 0 Å². The number of aliphatic hydroxyl groups is 1. The summed E-state index contributed by atoms with van der Waals surface area (Å²) in [4.78, 5) is 4.63. The molecular weight excluding hydrogens is 216 g/mol. The molecule has 0 spiro atoms. The predicted octanol–water partition coefficient (Wildman–Crippen LogP) is -0.0530. The van der Waals surface area contributed by atoms with E-state index in [1.54, 1.807) is 0 Å². The van der Waals surface area contributed by atoms with Crippen molar-refractivity contribution in [1.82, 2.24) is 9.80 Å². The molecule has 1 unspecified atom stereocenters. The summed E-state index contributed by atoms with van der Waals surface area (Å²) in [5, 5.41) is 17.1. The van der Waals surface area contributed by atoms with Gasteiger partial charge in [-0.05, 0) is 13.8 Å². The minimum Gasteiger partial charge on any atom is -0.389 e. The summed E-state index contributed by atoms with van der Waals surface area (Å²) in [6.45, 7) is 11.2. The Morgan fingerprint density at radius 2 is 1.76 bits per heavy atom. The first kappa shape index (κ1) is 14.4. The van der Waals surface area contributed by atoms with Crippen molar-refractivity contribution in [1.29, 1.82) is 5.41 Å². The Bertz CT molecular complexity index is 254. The van der Waals surface area contributed by atoms with Gasteiger partial charge in [-0.2, -0.15) is 0 Å². The fourth-order valence-electron chi connectivity index (χ4n) is 2.16. The second-order valence-electron chi connectivity index (χ2n) is 5.75. The topological polar surface area (TPSA) is 76.6 Å². The number of nitrogens with one attached hydrogen (secondary N) is 1. The molecule has 1 aliphatic rings. The van der Waals surface area contributed by atoms with E-state index in [4.69, 9.17) is 11.1 Å². The lowest BCUT2D eigenvalue weighted by Crippen LogP contribution is -2.51. The molecule has 1 heterocycles. The largest absolute Gasteiger partial charge is 0.389 e. The highest BCUT2D eigenvalue weighted by Crippen LogP contribution is 2.09. The SMILES string of the molecule is CC(CN1CCN(CC(C)(C)O)CC1)C(=N)N. The normalized spacial score (nSPS) is 21.4. The van der Waals surface area contributed by atoms with Crippen molar-refractivity contribution in [3.63, 3.8) is 0 Å². The Balaban J connectivity index is 2.29. The average molecular weight is 242 g/mol. The molecule has 0 radical (unpaired) electrons. The molecule has 5 heteroatoms. The van der Waals surface area contributed by atoms with Gasteiger partial charge < -0.3 is 15.7 Å². The van der Waals surface area contributed by atoms with Crippen LogP contribution in [-0.2, 0) is 0 Å². The number of amidine groups is 1. The molecule has 5 nitrogen and oxygen atoms in total. The van der Waals surface area contributed by atoms with Crippen molar-refractivity contribution in [3.8, 4) is 0 Å². The van der Waals surface area contributed by atoms with Gasteiger partial charge in [0.25, 0.3) is 0 Å². The molecule has 1 saturated heterocycles. The highest BCUT2D eigenvalue weighted by molar-refractivity contribution is 5.79. The number of piperazine rings is 1. The molecule has 4 N–H and O–H groups in total. The molecule has 0 aliphatic carbocycles. The highest BCUT2D eigenvalue weighted by atomic mass is 16.3. The van der Waals surface area contributed by atoms with Crippen LogP contribution in [0.2, 0.25) is 0 Å². The molecule has 1 rings (SSSR count). The maximum atomic E-state index is 9.75. The van der Waals surface area contributed by atoms with Crippen LogP contribution in [0.5, 0.6) is 0 Å². The van der Waals surface area contributed by atoms with Crippen LogP contribution in [0.3, 0.4) is 0 Å². The Labute approximate surface area is 104 Å². The number of hydrogen-bond acceptors (Lipinski definition) is 4. The van der Waals surface area contributed by atoms with Crippen molar-refractivity contribution in [2.24, 2.45) is 11.7 Å². The van der Waals surface area contributed by atoms with Crippen molar-refractivity contribution in [2.75, 3.05) is 39.3 Å². The Kier molecular flexibility index (Phi) is 4.91. The molecule has 1 atom stereocenters. The fourth-order valence-corrected chi connectivity index (χ4v) is 2.16. The molecule has 1 aliphatic heterocycles. The second-order valence-corrected chi connectivity index (χ2v) is 5.75. The van der Waals surface area contributed by atoms with Gasteiger partial charge in [-0.1, -0.05) is 6.92 Å².